The Morgan fingerprint density at radius 2 is 2.00 bits per heavy atom. The van der Waals surface area contributed by atoms with Crippen LogP contribution in [0.3, 0.4) is 0 Å². The van der Waals surface area contributed by atoms with Crippen LogP contribution in [0.15, 0.2) is 24.3 Å². The molecule has 0 N–H and O–H groups in total. The molecule has 0 fully saturated rings. The standard InChI is InChI=1S/C7H12/c1-3-5-7-6-4-2/h3,5-7H,4H2,1-2H3/b5-3?,7-6-. The lowest BCUT2D eigenvalue weighted by molar-refractivity contribution is 1.22. The van der Waals surface area contributed by atoms with Crippen LogP contribution in [0.25, 0.3) is 0 Å². The van der Waals surface area contributed by atoms with E-state index in [0.717, 1.165) is 6.42 Å². The Hall–Kier alpha value is -0.520. The Morgan fingerprint density at radius 3 is 2.43 bits per heavy atom. The molecule has 0 rings (SSSR count). The zero-order valence-corrected chi connectivity index (χ0v) is 5.02. The lowest BCUT2D eigenvalue weighted by Crippen LogP contribution is -1.48. The van der Waals surface area contributed by atoms with Gasteiger partial charge in [0.25, 0.3) is 0 Å². The van der Waals surface area contributed by atoms with Crippen molar-refractivity contribution in [3.05, 3.63) is 24.3 Å². The first kappa shape index (κ1) is 6.48. The van der Waals surface area contributed by atoms with Crippen molar-refractivity contribution in [3.63, 3.8) is 0 Å². The highest BCUT2D eigenvalue weighted by molar-refractivity contribution is 5.00. The zero-order valence-electron chi connectivity index (χ0n) is 5.02. The first-order valence-electron chi connectivity index (χ1n) is 2.69. The van der Waals surface area contributed by atoms with Crippen molar-refractivity contribution in [3.8, 4) is 0 Å². The van der Waals surface area contributed by atoms with E-state index in [-0.39, 0.29) is 0 Å². The molecule has 0 heteroatoms. The Labute approximate surface area is 45.5 Å². The van der Waals surface area contributed by atoms with Gasteiger partial charge >= 0.3 is 0 Å². The first-order valence-corrected chi connectivity index (χ1v) is 2.69. The van der Waals surface area contributed by atoms with Crippen LogP contribution in [0.2, 0.25) is 0 Å². The van der Waals surface area contributed by atoms with Crippen molar-refractivity contribution >= 4 is 0 Å². The van der Waals surface area contributed by atoms with Crippen molar-refractivity contribution in [2.24, 2.45) is 0 Å². The van der Waals surface area contributed by atoms with Crippen LogP contribution < -0.4 is 0 Å². The van der Waals surface area contributed by atoms with Gasteiger partial charge in [0, 0.05) is 0 Å². The molecule has 0 bridgehead atoms. The SMILES string of the molecule is CC=C/C=C\CC. The van der Waals surface area contributed by atoms with E-state index in [1.165, 1.54) is 0 Å². The third kappa shape index (κ3) is 5.48. The number of allylic oxidation sites excluding steroid dienone is 4. The van der Waals surface area contributed by atoms with Crippen molar-refractivity contribution in [1.82, 2.24) is 0 Å². The summed E-state index contributed by atoms with van der Waals surface area (Å²) in [7, 11) is 0. The topological polar surface area (TPSA) is 0 Å². The lowest BCUT2D eigenvalue weighted by Gasteiger charge is -1.70. The van der Waals surface area contributed by atoms with Crippen molar-refractivity contribution in [2.75, 3.05) is 0 Å². The maximum atomic E-state index is 2.12. The molecule has 0 heterocycles. The fraction of sp³-hybridized carbons (Fsp3) is 0.429. The van der Waals surface area contributed by atoms with Crippen molar-refractivity contribution in [2.45, 2.75) is 20.3 Å². The van der Waals surface area contributed by atoms with Gasteiger partial charge in [-0.25, -0.2) is 0 Å². The summed E-state index contributed by atoms with van der Waals surface area (Å²) in [5.41, 5.74) is 0. The van der Waals surface area contributed by atoms with Crippen LogP contribution in [0.1, 0.15) is 20.3 Å². The average molecular weight is 96.2 g/mol. The van der Waals surface area contributed by atoms with Gasteiger partial charge in [0.05, 0.1) is 0 Å². The van der Waals surface area contributed by atoms with Crippen LogP contribution in [-0.2, 0) is 0 Å². The van der Waals surface area contributed by atoms with Gasteiger partial charge in [0.15, 0.2) is 0 Å². The van der Waals surface area contributed by atoms with E-state index in [1.54, 1.807) is 0 Å². The summed E-state index contributed by atoms with van der Waals surface area (Å²) in [5, 5.41) is 0. The van der Waals surface area contributed by atoms with E-state index in [1.807, 2.05) is 19.1 Å². The molecular formula is C7H12. The van der Waals surface area contributed by atoms with Crippen molar-refractivity contribution in [1.29, 1.82) is 0 Å². The van der Waals surface area contributed by atoms with Gasteiger partial charge in [0.1, 0.15) is 0 Å². The predicted molar refractivity (Wildman–Crippen MR) is 34.2 cm³/mol. The van der Waals surface area contributed by atoms with Gasteiger partial charge in [0.2, 0.25) is 0 Å². The Bertz CT molecular complexity index is 68.1. The lowest BCUT2D eigenvalue weighted by atomic mass is 10.4. The molecule has 0 nitrogen and oxygen atoms in total. The normalized spacial score (nSPS) is 11.7. The Morgan fingerprint density at radius 1 is 1.29 bits per heavy atom. The zero-order chi connectivity index (χ0) is 5.54. The van der Waals surface area contributed by atoms with Crippen molar-refractivity contribution < 1.29 is 0 Å². The molecule has 7 heavy (non-hydrogen) atoms. The highest BCUT2D eigenvalue weighted by Crippen LogP contribution is 1.79. The maximum absolute atomic E-state index is 2.12. The number of rotatable bonds is 2. The molecule has 0 atom stereocenters. The van der Waals surface area contributed by atoms with E-state index in [2.05, 4.69) is 19.1 Å². The highest BCUT2D eigenvalue weighted by Gasteiger charge is 1.57. The molecule has 0 aromatic heterocycles. The quantitative estimate of drug-likeness (QED) is 0.463. The minimum atomic E-state index is 1.13. The molecule has 0 aromatic carbocycles. The van der Waals surface area contributed by atoms with Gasteiger partial charge in [-0.3, -0.25) is 0 Å². The first-order chi connectivity index (χ1) is 3.41. The maximum Gasteiger partial charge on any atom is -0.0376 e. The van der Waals surface area contributed by atoms with Gasteiger partial charge < -0.3 is 0 Å². The van der Waals surface area contributed by atoms with Crippen LogP contribution in [-0.4, -0.2) is 0 Å². The van der Waals surface area contributed by atoms with Gasteiger partial charge in [-0.1, -0.05) is 31.2 Å². The smallest absolute Gasteiger partial charge is 0.0376 e. The molecule has 0 saturated carbocycles. The summed E-state index contributed by atoms with van der Waals surface area (Å²) in [5.74, 6) is 0. The molecule has 0 saturated heterocycles. The largest absolute Gasteiger partial charge is 0.0877 e. The second-order valence-electron chi connectivity index (χ2n) is 1.36. The molecule has 0 amide bonds. The minimum Gasteiger partial charge on any atom is -0.0877 e. The van der Waals surface area contributed by atoms with Gasteiger partial charge in [-0.15, -0.1) is 0 Å². The molecule has 0 aliphatic carbocycles. The molecule has 0 radical (unpaired) electrons. The Balaban J connectivity index is 3.09. The minimum absolute atomic E-state index is 1.13. The molecule has 0 spiro atoms. The fourth-order valence-electron chi connectivity index (χ4n) is 0.326. The van der Waals surface area contributed by atoms with E-state index in [0.29, 0.717) is 0 Å². The van der Waals surface area contributed by atoms with E-state index in [4.69, 9.17) is 0 Å². The van der Waals surface area contributed by atoms with Gasteiger partial charge in [-0.2, -0.15) is 0 Å². The summed E-state index contributed by atoms with van der Waals surface area (Å²) in [6, 6.07) is 0. The van der Waals surface area contributed by atoms with E-state index < -0.39 is 0 Å². The van der Waals surface area contributed by atoms with Crippen LogP contribution in [0.5, 0.6) is 0 Å². The summed E-state index contributed by atoms with van der Waals surface area (Å²) in [4.78, 5) is 0. The summed E-state index contributed by atoms with van der Waals surface area (Å²) in [6.07, 6.45) is 9.36. The molecule has 0 aromatic rings. The van der Waals surface area contributed by atoms with Crippen LogP contribution in [0, 0.1) is 0 Å². The average Bonchev–Trinajstić information content (AvgIpc) is 1.69. The fourth-order valence-corrected chi connectivity index (χ4v) is 0.326. The second-order valence-corrected chi connectivity index (χ2v) is 1.36. The molecule has 0 unspecified atom stereocenters. The monoisotopic (exact) mass is 96.1 g/mol. The van der Waals surface area contributed by atoms with Gasteiger partial charge in [-0.05, 0) is 13.3 Å². The summed E-state index contributed by atoms with van der Waals surface area (Å²) < 4.78 is 0. The molecule has 40 valence electrons. The Kier molecular flexibility index (Phi) is 5.07. The summed E-state index contributed by atoms with van der Waals surface area (Å²) in [6.45, 7) is 4.14. The summed E-state index contributed by atoms with van der Waals surface area (Å²) >= 11 is 0. The van der Waals surface area contributed by atoms with Crippen LogP contribution in [0.4, 0.5) is 0 Å². The molecule has 0 aliphatic heterocycles. The molecular weight excluding hydrogens is 84.1 g/mol. The van der Waals surface area contributed by atoms with E-state index >= 15 is 0 Å². The predicted octanol–water partition coefficient (Wildman–Crippen LogP) is 2.53. The van der Waals surface area contributed by atoms with E-state index in [9.17, 15) is 0 Å². The van der Waals surface area contributed by atoms with Crippen LogP contribution >= 0.6 is 0 Å². The molecule has 0 aliphatic rings. The third-order valence-electron chi connectivity index (χ3n) is 0.675. The second kappa shape index (κ2) is 5.48. The third-order valence-corrected chi connectivity index (χ3v) is 0.675. The highest BCUT2D eigenvalue weighted by atomic mass is 13.6. The number of hydrogen-bond acceptors (Lipinski definition) is 0. The number of hydrogen-bond donors (Lipinski definition) is 0.